The summed E-state index contributed by atoms with van der Waals surface area (Å²) in [6, 6.07) is 9.28. The van der Waals surface area contributed by atoms with Gasteiger partial charge in [-0.3, -0.25) is 4.79 Å². The molecule has 0 atom stereocenters. The Morgan fingerprint density at radius 1 is 1.00 bits per heavy atom. The summed E-state index contributed by atoms with van der Waals surface area (Å²) >= 11 is 0. The van der Waals surface area contributed by atoms with E-state index in [0.717, 1.165) is 19.3 Å². The lowest BCUT2D eigenvalue weighted by Gasteiger charge is -2.25. The van der Waals surface area contributed by atoms with Gasteiger partial charge in [-0.1, -0.05) is 12.5 Å². The van der Waals surface area contributed by atoms with Crippen molar-refractivity contribution in [1.29, 1.82) is 0 Å². The summed E-state index contributed by atoms with van der Waals surface area (Å²) in [6.45, 7) is 0.989. The largest absolute Gasteiger partial charge is 0.496 e. The third-order valence-electron chi connectivity index (χ3n) is 5.16. The van der Waals surface area contributed by atoms with Gasteiger partial charge in [-0.2, -0.15) is 9.41 Å². The van der Waals surface area contributed by atoms with Crippen LogP contribution in [-0.4, -0.2) is 59.3 Å². The predicted octanol–water partition coefficient (Wildman–Crippen LogP) is 2.65. The summed E-state index contributed by atoms with van der Waals surface area (Å²) in [4.78, 5) is 12.7. The number of hydrazone groups is 1. The van der Waals surface area contributed by atoms with Crippen molar-refractivity contribution < 1.29 is 27.4 Å². The highest BCUT2D eigenvalue weighted by molar-refractivity contribution is 7.89. The number of benzene rings is 2. The molecule has 2 aromatic carbocycles. The van der Waals surface area contributed by atoms with Gasteiger partial charge in [0.15, 0.2) is 0 Å². The second-order valence-corrected chi connectivity index (χ2v) is 9.08. The molecule has 0 saturated carbocycles. The first kappa shape index (κ1) is 23.6. The Morgan fingerprint density at radius 3 is 2.25 bits per heavy atom. The van der Waals surface area contributed by atoms with E-state index in [4.69, 9.17) is 14.2 Å². The fourth-order valence-electron chi connectivity index (χ4n) is 3.43. The zero-order valence-corrected chi connectivity index (χ0v) is 19.1. The van der Waals surface area contributed by atoms with Crippen molar-refractivity contribution in [3.8, 4) is 17.2 Å². The standard InChI is InChI=1S/C22H27N3O6S/c1-29-17-13-20(30-2)19(21(14-17)31-3)15-23-24-22(26)16-8-7-9-18(12-16)32(27,28)25-10-5-4-6-11-25/h7-9,12-15H,4-6,10-11H2,1-3H3,(H,24,26)/b23-15-. The maximum Gasteiger partial charge on any atom is 0.271 e. The minimum Gasteiger partial charge on any atom is -0.496 e. The van der Waals surface area contributed by atoms with Gasteiger partial charge in [-0.15, -0.1) is 0 Å². The second kappa shape index (κ2) is 10.5. The van der Waals surface area contributed by atoms with Gasteiger partial charge in [0, 0.05) is 30.8 Å². The maximum absolute atomic E-state index is 12.9. The third-order valence-corrected chi connectivity index (χ3v) is 7.06. The summed E-state index contributed by atoms with van der Waals surface area (Å²) in [6.07, 6.45) is 4.10. The van der Waals surface area contributed by atoms with E-state index in [1.807, 2.05) is 0 Å². The zero-order chi connectivity index (χ0) is 23.1. The predicted molar refractivity (Wildman–Crippen MR) is 120 cm³/mol. The number of nitrogens with one attached hydrogen (secondary N) is 1. The molecule has 0 radical (unpaired) electrons. The van der Waals surface area contributed by atoms with E-state index in [1.165, 1.54) is 50.0 Å². The van der Waals surface area contributed by atoms with Crippen molar-refractivity contribution in [2.24, 2.45) is 5.10 Å². The summed E-state index contributed by atoms with van der Waals surface area (Å²) in [5, 5.41) is 3.99. The van der Waals surface area contributed by atoms with Crippen LogP contribution in [0.3, 0.4) is 0 Å². The number of rotatable bonds is 8. The normalized spacial score (nSPS) is 14.8. The van der Waals surface area contributed by atoms with Crippen molar-refractivity contribution in [1.82, 2.24) is 9.73 Å². The number of piperidine rings is 1. The first-order chi connectivity index (χ1) is 15.4. The summed E-state index contributed by atoms with van der Waals surface area (Å²) in [7, 11) is 0.890. The van der Waals surface area contributed by atoms with Crippen molar-refractivity contribution in [3.05, 3.63) is 47.5 Å². The fourth-order valence-corrected chi connectivity index (χ4v) is 5.00. The number of hydrogen-bond acceptors (Lipinski definition) is 7. The molecule has 0 spiro atoms. The van der Waals surface area contributed by atoms with Gasteiger partial charge in [0.25, 0.3) is 5.91 Å². The van der Waals surface area contributed by atoms with Crippen molar-refractivity contribution in [2.45, 2.75) is 24.2 Å². The highest BCUT2D eigenvalue weighted by atomic mass is 32.2. The van der Waals surface area contributed by atoms with E-state index >= 15 is 0 Å². The van der Waals surface area contributed by atoms with Crippen LogP contribution in [0.2, 0.25) is 0 Å². The monoisotopic (exact) mass is 461 g/mol. The van der Waals surface area contributed by atoms with Crippen LogP contribution >= 0.6 is 0 Å². The van der Waals surface area contributed by atoms with E-state index in [1.54, 1.807) is 18.2 Å². The molecule has 3 rings (SSSR count). The lowest BCUT2D eigenvalue weighted by molar-refractivity contribution is 0.0955. The van der Waals surface area contributed by atoms with Crippen LogP contribution in [0.15, 0.2) is 46.4 Å². The molecule has 1 saturated heterocycles. The highest BCUT2D eigenvalue weighted by Crippen LogP contribution is 2.32. The van der Waals surface area contributed by atoms with Crippen LogP contribution in [0.4, 0.5) is 0 Å². The van der Waals surface area contributed by atoms with Gasteiger partial charge in [-0.25, -0.2) is 13.8 Å². The molecule has 1 amide bonds. The molecule has 1 aliphatic heterocycles. The molecule has 1 heterocycles. The fraction of sp³-hybridized carbons (Fsp3) is 0.364. The maximum atomic E-state index is 12.9. The van der Waals surface area contributed by atoms with E-state index < -0.39 is 15.9 Å². The summed E-state index contributed by atoms with van der Waals surface area (Å²) in [5.41, 5.74) is 3.12. The number of carbonyl (C=O) groups excluding carboxylic acids is 1. The van der Waals surface area contributed by atoms with E-state index in [-0.39, 0.29) is 10.5 Å². The molecule has 0 unspecified atom stereocenters. The van der Waals surface area contributed by atoms with Crippen LogP contribution < -0.4 is 19.6 Å². The minimum absolute atomic E-state index is 0.0922. The van der Waals surface area contributed by atoms with Gasteiger partial charge in [0.1, 0.15) is 17.2 Å². The SMILES string of the molecule is COc1cc(OC)c(/C=N\NC(=O)c2cccc(S(=O)(=O)N3CCCCC3)c2)c(OC)c1. The highest BCUT2D eigenvalue weighted by Gasteiger charge is 2.26. The number of ether oxygens (including phenoxy) is 3. The van der Waals surface area contributed by atoms with Crippen LogP contribution in [0, 0.1) is 0 Å². The molecule has 0 aliphatic carbocycles. The topological polar surface area (TPSA) is 107 Å². The number of nitrogens with zero attached hydrogens (tertiary/aromatic N) is 2. The number of amides is 1. The van der Waals surface area contributed by atoms with Crippen molar-refractivity contribution in [3.63, 3.8) is 0 Å². The Balaban J connectivity index is 1.77. The molecular weight excluding hydrogens is 434 g/mol. The molecule has 1 aliphatic rings. The Bertz CT molecular complexity index is 1070. The minimum atomic E-state index is -3.64. The number of carbonyl (C=O) groups is 1. The van der Waals surface area contributed by atoms with Crippen molar-refractivity contribution in [2.75, 3.05) is 34.4 Å². The zero-order valence-electron chi connectivity index (χ0n) is 18.3. The molecule has 1 N–H and O–H groups in total. The Hall–Kier alpha value is -3.11. The molecule has 1 fully saturated rings. The quantitative estimate of drug-likeness (QED) is 0.479. The molecule has 10 heteroatoms. The second-order valence-electron chi connectivity index (χ2n) is 7.14. The van der Waals surface area contributed by atoms with Gasteiger partial charge in [-0.05, 0) is 31.0 Å². The van der Waals surface area contributed by atoms with E-state index in [9.17, 15) is 13.2 Å². The molecular formula is C22H27N3O6S. The molecule has 172 valence electrons. The first-order valence-corrected chi connectivity index (χ1v) is 11.6. The number of methoxy groups -OCH3 is 3. The molecule has 0 aromatic heterocycles. The van der Waals surface area contributed by atoms with Gasteiger partial charge < -0.3 is 14.2 Å². The molecule has 0 bridgehead atoms. The van der Waals surface area contributed by atoms with Crippen LogP contribution in [0.25, 0.3) is 0 Å². The van der Waals surface area contributed by atoms with Gasteiger partial charge in [0.05, 0.1) is 38.0 Å². The molecule has 32 heavy (non-hydrogen) atoms. The lowest BCUT2D eigenvalue weighted by Crippen LogP contribution is -2.35. The number of sulfonamides is 1. The molecule has 2 aromatic rings. The Labute approximate surface area is 188 Å². The summed E-state index contributed by atoms with van der Waals surface area (Å²) < 4.78 is 43.1. The van der Waals surface area contributed by atoms with Crippen LogP contribution in [0.5, 0.6) is 17.2 Å². The first-order valence-electron chi connectivity index (χ1n) is 10.1. The average Bonchev–Trinajstić information content (AvgIpc) is 2.84. The number of hydrogen-bond donors (Lipinski definition) is 1. The lowest BCUT2D eigenvalue weighted by atomic mass is 10.2. The van der Waals surface area contributed by atoms with Crippen LogP contribution in [0.1, 0.15) is 35.2 Å². The van der Waals surface area contributed by atoms with Gasteiger partial charge >= 0.3 is 0 Å². The molecule has 9 nitrogen and oxygen atoms in total. The van der Waals surface area contributed by atoms with Gasteiger partial charge in [0.2, 0.25) is 10.0 Å². The van der Waals surface area contributed by atoms with Crippen LogP contribution in [-0.2, 0) is 10.0 Å². The third kappa shape index (κ3) is 5.20. The average molecular weight is 462 g/mol. The van der Waals surface area contributed by atoms with Crippen molar-refractivity contribution >= 4 is 22.1 Å². The summed E-state index contributed by atoms with van der Waals surface area (Å²) in [5.74, 6) is 0.914. The van der Waals surface area contributed by atoms with E-state index in [2.05, 4.69) is 10.5 Å². The smallest absolute Gasteiger partial charge is 0.271 e. The van der Waals surface area contributed by atoms with E-state index in [0.29, 0.717) is 35.9 Å². The Kier molecular flexibility index (Phi) is 7.70. The Morgan fingerprint density at radius 2 is 1.66 bits per heavy atom.